The zero-order chi connectivity index (χ0) is 16.5. The van der Waals surface area contributed by atoms with Crippen molar-refractivity contribution >= 4 is 16.9 Å². The van der Waals surface area contributed by atoms with Gasteiger partial charge in [-0.05, 0) is 30.3 Å². The molecule has 0 unspecified atom stereocenters. The summed E-state index contributed by atoms with van der Waals surface area (Å²) in [6, 6.07) is 13.0. The number of imidazole rings is 1. The summed E-state index contributed by atoms with van der Waals surface area (Å²) in [5.41, 5.74) is 2.31. The lowest BCUT2D eigenvalue weighted by atomic mass is 10.1. The van der Waals surface area contributed by atoms with Crippen LogP contribution in [0.5, 0.6) is 11.5 Å². The summed E-state index contributed by atoms with van der Waals surface area (Å²) in [4.78, 5) is 21.5. The maximum atomic E-state index is 12.6. The molecule has 2 aromatic carbocycles. The van der Waals surface area contributed by atoms with E-state index in [1.54, 1.807) is 24.3 Å². The van der Waals surface area contributed by atoms with Crippen molar-refractivity contribution < 1.29 is 14.3 Å². The summed E-state index contributed by atoms with van der Waals surface area (Å²) in [5, 5.41) is 0. The second kappa shape index (κ2) is 5.88. The minimum Gasteiger partial charge on any atom is -0.486 e. The first-order valence-corrected chi connectivity index (χ1v) is 7.78. The van der Waals surface area contributed by atoms with Gasteiger partial charge in [0.15, 0.2) is 17.6 Å². The Morgan fingerprint density at radius 3 is 3.00 bits per heavy atom. The van der Waals surface area contributed by atoms with Gasteiger partial charge >= 0.3 is 0 Å². The molecule has 6 heteroatoms. The molecule has 6 nitrogen and oxygen atoms in total. The minimum atomic E-state index is -0.190. The Bertz CT molecular complexity index is 890. The molecule has 0 saturated heterocycles. The van der Waals surface area contributed by atoms with Gasteiger partial charge in [0.05, 0.1) is 23.9 Å². The molecule has 1 atom stereocenters. The molecule has 0 aliphatic carbocycles. The number of aromatic nitrogens is 2. The third-order valence-electron chi connectivity index (χ3n) is 4.06. The lowest BCUT2D eigenvalue weighted by Crippen LogP contribution is -2.41. The largest absolute Gasteiger partial charge is 0.486 e. The number of rotatable bonds is 3. The van der Waals surface area contributed by atoms with Crippen LogP contribution in [0.3, 0.4) is 0 Å². The van der Waals surface area contributed by atoms with E-state index in [-0.39, 0.29) is 12.0 Å². The number of amides is 1. The maximum absolute atomic E-state index is 12.6. The molecule has 4 rings (SSSR count). The fourth-order valence-electron chi connectivity index (χ4n) is 2.83. The number of carbonyl (C=O) groups excluding carboxylic acids is 1. The number of hydrogen-bond acceptors (Lipinski definition) is 4. The van der Waals surface area contributed by atoms with E-state index >= 15 is 0 Å². The molecular weight excluding hydrogens is 306 g/mol. The summed E-state index contributed by atoms with van der Waals surface area (Å²) in [6.45, 7) is 0.877. The van der Waals surface area contributed by atoms with Gasteiger partial charge in [-0.25, -0.2) is 4.98 Å². The van der Waals surface area contributed by atoms with Crippen LogP contribution in [0, 0.1) is 0 Å². The number of nitrogens with one attached hydrogen (secondary N) is 1. The lowest BCUT2D eigenvalue weighted by Gasteiger charge is -2.29. The highest BCUT2D eigenvalue weighted by Crippen LogP contribution is 2.31. The number of likely N-dealkylation sites (N-methyl/N-ethyl adjacent to an activating group) is 1. The number of fused-ring (bicyclic) bond motifs is 2. The zero-order valence-corrected chi connectivity index (χ0v) is 13.2. The van der Waals surface area contributed by atoms with E-state index in [0.717, 1.165) is 16.8 Å². The third kappa shape index (κ3) is 2.67. The molecule has 0 bridgehead atoms. The van der Waals surface area contributed by atoms with Crippen LogP contribution in [0.15, 0.2) is 48.8 Å². The number of hydrogen-bond donors (Lipinski definition) is 1. The van der Waals surface area contributed by atoms with Crippen LogP contribution in [0.1, 0.15) is 10.4 Å². The molecule has 1 aliphatic heterocycles. The Balaban J connectivity index is 1.46. The van der Waals surface area contributed by atoms with Gasteiger partial charge in [0.25, 0.3) is 5.91 Å². The summed E-state index contributed by atoms with van der Waals surface area (Å²) in [5.74, 6) is 1.40. The second-order valence-corrected chi connectivity index (χ2v) is 5.82. The number of H-pyrrole nitrogens is 1. The Morgan fingerprint density at radius 2 is 2.12 bits per heavy atom. The van der Waals surface area contributed by atoms with Gasteiger partial charge in [0.2, 0.25) is 0 Å². The van der Waals surface area contributed by atoms with Gasteiger partial charge < -0.3 is 19.4 Å². The van der Waals surface area contributed by atoms with E-state index in [9.17, 15) is 4.79 Å². The number of nitrogens with zero attached hydrogens (tertiary/aromatic N) is 2. The van der Waals surface area contributed by atoms with E-state index in [4.69, 9.17) is 9.47 Å². The van der Waals surface area contributed by atoms with Crippen molar-refractivity contribution in [3.8, 4) is 11.5 Å². The fourth-order valence-corrected chi connectivity index (χ4v) is 2.83. The molecule has 0 radical (unpaired) electrons. The standard InChI is InChI=1S/C18H17N3O3/c1-21(9-13-10-23-16-4-2-3-5-17(16)24-13)18(22)12-6-7-14-15(8-12)20-11-19-14/h2-8,11,13H,9-10H2,1H3,(H,19,20)/t13-/m1/s1. The zero-order valence-electron chi connectivity index (χ0n) is 13.2. The number of ether oxygens (including phenoxy) is 2. The smallest absolute Gasteiger partial charge is 0.253 e. The summed E-state index contributed by atoms with van der Waals surface area (Å²) in [6.07, 6.45) is 1.43. The van der Waals surface area contributed by atoms with E-state index < -0.39 is 0 Å². The van der Waals surface area contributed by atoms with E-state index in [2.05, 4.69) is 9.97 Å². The number of carbonyl (C=O) groups is 1. The predicted octanol–water partition coefficient (Wildman–Crippen LogP) is 2.47. The minimum absolute atomic E-state index is 0.0611. The lowest BCUT2D eigenvalue weighted by molar-refractivity contribution is 0.0521. The SMILES string of the molecule is CN(C[C@@H]1COc2ccccc2O1)C(=O)c1ccc2nc[nH]c2c1. The summed E-state index contributed by atoms with van der Waals surface area (Å²) >= 11 is 0. The first-order chi connectivity index (χ1) is 11.7. The average Bonchev–Trinajstić information content (AvgIpc) is 3.08. The van der Waals surface area contributed by atoms with Crippen molar-refractivity contribution in [3.63, 3.8) is 0 Å². The van der Waals surface area contributed by atoms with Crippen LogP contribution in [-0.2, 0) is 0 Å². The molecule has 1 N–H and O–H groups in total. The molecule has 0 spiro atoms. The van der Waals surface area contributed by atoms with Crippen LogP contribution in [0.4, 0.5) is 0 Å². The van der Waals surface area contributed by atoms with Crippen molar-refractivity contribution in [2.75, 3.05) is 20.2 Å². The predicted molar refractivity (Wildman–Crippen MR) is 89.4 cm³/mol. The Labute approximate surface area is 139 Å². The molecule has 3 aromatic rings. The van der Waals surface area contributed by atoms with Gasteiger partial charge in [0, 0.05) is 12.6 Å². The third-order valence-corrected chi connectivity index (χ3v) is 4.06. The summed E-state index contributed by atoms with van der Waals surface area (Å²) in [7, 11) is 1.77. The van der Waals surface area contributed by atoms with Gasteiger partial charge in [-0.3, -0.25) is 4.79 Å². The molecular formula is C18H17N3O3. The van der Waals surface area contributed by atoms with Crippen molar-refractivity contribution in [1.29, 1.82) is 0 Å². The highest BCUT2D eigenvalue weighted by molar-refractivity contribution is 5.97. The normalized spacial score (nSPS) is 16.1. The van der Waals surface area contributed by atoms with Crippen LogP contribution in [-0.4, -0.2) is 47.1 Å². The van der Waals surface area contributed by atoms with E-state index in [0.29, 0.717) is 24.5 Å². The number of para-hydroxylation sites is 2. The van der Waals surface area contributed by atoms with Gasteiger partial charge in [-0.1, -0.05) is 12.1 Å². The molecule has 24 heavy (non-hydrogen) atoms. The topological polar surface area (TPSA) is 67.5 Å². The first kappa shape index (κ1) is 14.6. The van der Waals surface area contributed by atoms with Crippen LogP contribution in [0.2, 0.25) is 0 Å². The summed E-state index contributed by atoms with van der Waals surface area (Å²) < 4.78 is 11.6. The molecule has 0 saturated carbocycles. The second-order valence-electron chi connectivity index (χ2n) is 5.82. The molecule has 1 aromatic heterocycles. The quantitative estimate of drug-likeness (QED) is 0.804. The fraction of sp³-hybridized carbons (Fsp3) is 0.222. The number of aromatic amines is 1. The Morgan fingerprint density at radius 1 is 1.29 bits per heavy atom. The highest BCUT2D eigenvalue weighted by Gasteiger charge is 2.24. The molecule has 122 valence electrons. The van der Waals surface area contributed by atoms with Gasteiger partial charge in [0.1, 0.15) is 6.61 Å². The molecule has 0 fully saturated rings. The monoisotopic (exact) mass is 323 g/mol. The van der Waals surface area contributed by atoms with Crippen LogP contribution < -0.4 is 9.47 Å². The first-order valence-electron chi connectivity index (χ1n) is 7.78. The van der Waals surface area contributed by atoms with Gasteiger partial charge in [-0.2, -0.15) is 0 Å². The highest BCUT2D eigenvalue weighted by atomic mass is 16.6. The van der Waals surface area contributed by atoms with Crippen LogP contribution >= 0.6 is 0 Å². The Hall–Kier alpha value is -3.02. The van der Waals surface area contributed by atoms with E-state index in [1.165, 1.54) is 0 Å². The van der Waals surface area contributed by atoms with Crippen molar-refractivity contribution in [2.24, 2.45) is 0 Å². The average molecular weight is 323 g/mol. The van der Waals surface area contributed by atoms with Crippen molar-refractivity contribution in [2.45, 2.75) is 6.10 Å². The van der Waals surface area contributed by atoms with Crippen molar-refractivity contribution in [3.05, 3.63) is 54.4 Å². The van der Waals surface area contributed by atoms with E-state index in [1.807, 2.05) is 36.4 Å². The molecule has 1 amide bonds. The van der Waals surface area contributed by atoms with Crippen molar-refractivity contribution in [1.82, 2.24) is 14.9 Å². The number of benzene rings is 2. The van der Waals surface area contributed by atoms with Crippen LogP contribution in [0.25, 0.3) is 11.0 Å². The Kier molecular flexibility index (Phi) is 3.57. The molecule has 2 heterocycles. The van der Waals surface area contributed by atoms with Gasteiger partial charge in [-0.15, -0.1) is 0 Å². The molecule has 1 aliphatic rings. The maximum Gasteiger partial charge on any atom is 0.253 e.